The lowest BCUT2D eigenvalue weighted by Crippen LogP contribution is -2.00. The van der Waals surface area contributed by atoms with Crippen LogP contribution in [-0.4, -0.2) is 10.8 Å². The molecule has 4 heteroatoms. The number of rotatable bonds is 4. The van der Waals surface area contributed by atoms with Gasteiger partial charge in [0, 0.05) is 35.3 Å². The molecule has 110 valence electrons. The molecule has 1 aliphatic rings. The number of thiazole rings is 1. The molecule has 3 nitrogen and oxygen atoms in total. The standard InChI is InChI=1S/C17H20N2OS/c1-2-15(20)14-9-12(18)7-8-13(14)16-10-19-17(21-16)11-5-3-4-6-11/h7-11H,2-6,18H2,1H3. The van der Waals surface area contributed by atoms with Gasteiger partial charge in [-0.3, -0.25) is 4.79 Å². The summed E-state index contributed by atoms with van der Waals surface area (Å²) in [5.41, 5.74) is 8.17. The molecule has 1 saturated carbocycles. The molecule has 0 amide bonds. The number of benzene rings is 1. The van der Waals surface area contributed by atoms with Crippen molar-refractivity contribution in [2.75, 3.05) is 5.73 Å². The van der Waals surface area contributed by atoms with Gasteiger partial charge in [0.1, 0.15) is 0 Å². The van der Waals surface area contributed by atoms with Gasteiger partial charge in [-0.2, -0.15) is 0 Å². The van der Waals surface area contributed by atoms with E-state index >= 15 is 0 Å². The van der Waals surface area contributed by atoms with E-state index in [1.54, 1.807) is 17.4 Å². The molecule has 2 N–H and O–H groups in total. The molecule has 1 heterocycles. The molecular weight excluding hydrogens is 280 g/mol. The zero-order valence-electron chi connectivity index (χ0n) is 12.3. The van der Waals surface area contributed by atoms with E-state index in [0.717, 1.165) is 16.0 Å². The van der Waals surface area contributed by atoms with E-state index < -0.39 is 0 Å². The van der Waals surface area contributed by atoms with Crippen LogP contribution >= 0.6 is 11.3 Å². The molecule has 0 atom stereocenters. The predicted molar refractivity (Wildman–Crippen MR) is 87.8 cm³/mol. The summed E-state index contributed by atoms with van der Waals surface area (Å²) >= 11 is 1.73. The Labute approximate surface area is 129 Å². The summed E-state index contributed by atoms with van der Waals surface area (Å²) in [6.07, 6.45) is 7.51. The number of carbonyl (C=O) groups is 1. The normalized spacial score (nSPS) is 15.5. The predicted octanol–water partition coefficient (Wildman–Crippen LogP) is 4.64. The first-order valence-corrected chi connectivity index (χ1v) is 8.39. The van der Waals surface area contributed by atoms with Gasteiger partial charge in [-0.15, -0.1) is 11.3 Å². The van der Waals surface area contributed by atoms with Gasteiger partial charge in [0.2, 0.25) is 0 Å². The first kappa shape index (κ1) is 14.3. The maximum atomic E-state index is 12.2. The lowest BCUT2D eigenvalue weighted by Gasteiger charge is -2.07. The fraction of sp³-hybridized carbons (Fsp3) is 0.412. The Kier molecular flexibility index (Phi) is 4.06. The second kappa shape index (κ2) is 5.98. The number of nitrogens with zero attached hydrogens (tertiary/aromatic N) is 1. The first-order chi connectivity index (χ1) is 10.2. The summed E-state index contributed by atoms with van der Waals surface area (Å²) in [5.74, 6) is 0.746. The molecule has 1 fully saturated rings. The molecule has 3 rings (SSSR count). The van der Waals surface area contributed by atoms with Crippen LogP contribution in [0, 0.1) is 0 Å². The van der Waals surface area contributed by atoms with E-state index in [0.29, 0.717) is 18.0 Å². The van der Waals surface area contributed by atoms with Crippen molar-refractivity contribution >= 4 is 22.8 Å². The number of hydrogen-bond donors (Lipinski definition) is 1. The van der Waals surface area contributed by atoms with E-state index in [1.807, 2.05) is 25.3 Å². The molecule has 0 bridgehead atoms. The number of ketones is 1. The van der Waals surface area contributed by atoms with Gasteiger partial charge in [0.05, 0.1) is 9.88 Å². The Balaban J connectivity index is 1.98. The van der Waals surface area contributed by atoms with Crippen molar-refractivity contribution in [2.45, 2.75) is 44.9 Å². The largest absolute Gasteiger partial charge is 0.399 e. The van der Waals surface area contributed by atoms with Crippen LogP contribution in [0.3, 0.4) is 0 Å². The molecule has 0 spiro atoms. The van der Waals surface area contributed by atoms with Crippen molar-refractivity contribution in [3.63, 3.8) is 0 Å². The summed E-state index contributed by atoms with van der Waals surface area (Å²) < 4.78 is 0. The van der Waals surface area contributed by atoms with Crippen molar-refractivity contribution in [3.05, 3.63) is 35.0 Å². The zero-order chi connectivity index (χ0) is 14.8. The Bertz CT molecular complexity index is 657. The average molecular weight is 300 g/mol. The molecule has 1 aromatic heterocycles. The van der Waals surface area contributed by atoms with Crippen LogP contribution in [0.1, 0.15) is 60.3 Å². The van der Waals surface area contributed by atoms with Crippen LogP contribution in [0.5, 0.6) is 0 Å². The Morgan fingerprint density at radius 2 is 2.14 bits per heavy atom. The van der Waals surface area contributed by atoms with Gasteiger partial charge in [0.25, 0.3) is 0 Å². The molecule has 0 radical (unpaired) electrons. The van der Waals surface area contributed by atoms with Gasteiger partial charge < -0.3 is 5.73 Å². The highest BCUT2D eigenvalue weighted by Crippen LogP contribution is 2.39. The van der Waals surface area contributed by atoms with Crippen LogP contribution < -0.4 is 5.73 Å². The Morgan fingerprint density at radius 3 is 2.86 bits per heavy atom. The van der Waals surface area contributed by atoms with Crippen molar-refractivity contribution in [1.82, 2.24) is 4.98 Å². The Morgan fingerprint density at radius 1 is 1.38 bits per heavy atom. The van der Waals surface area contributed by atoms with Gasteiger partial charge in [-0.1, -0.05) is 25.8 Å². The van der Waals surface area contributed by atoms with Crippen LogP contribution in [0.2, 0.25) is 0 Å². The summed E-state index contributed by atoms with van der Waals surface area (Å²) in [6, 6.07) is 5.59. The zero-order valence-corrected chi connectivity index (χ0v) is 13.1. The summed E-state index contributed by atoms with van der Waals surface area (Å²) in [7, 11) is 0. The molecule has 0 aliphatic heterocycles. The number of nitrogen functional groups attached to an aromatic ring is 1. The highest BCUT2D eigenvalue weighted by molar-refractivity contribution is 7.15. The quantitative estimate of drug-likeness (QED) is 0.661. The molecule has 1 aromatic carbocycles. The smallest absolute Gasteiger partial charge is 0.163 e. The van der Waals surface area contributed by atoms with Crippen molar-refractivity contribution < 1.29 is 4.79 Å². The topological polar surface area (TPSA) is 56.0 Å². The maximum Gasteiger partial charge on any atom is 0.163 e. The van der Waals surface area contributed by atoms with E-state index in [1.165, 1.54) is 30.7 Å². The van der Waals surface area contributed by atoms with Crippen LogP contribution in [0.15, 0.2) is 24.4 Å². The molecular formula is C17H20N2OS. The highest BCUT2D eigenvalue weighted by Gasteiger charge is 2.21. The van der Waals surface area contributed by atoms with E-state index in [9.17, 15) is 4.79 Å². The van der Waals surface area contributed by atoms with Crippen molar-refractivity contribution in [2.24, 2.45) is 0 Å². The molecule has 0 saturated heterocycles. The Hall–Kier alpha value is -1.68. The number of Topliss-reactive ketones (excluding diaryl/α,β-unsaturated/α-hetero) is 1. The molecule has 1 aliphatic carbocycles. The minimum Gasteiger partial charge on any atom is -0.399 e. The van der Waals surface area contributed by atoms with Gasteiger partial charge >= 0.3 is 0 Å². The maximum absolute atomic E-state index is 12.2. The number of anilines is 1. The number of carbonyl (C=O) groups excluding carboxylic acids is 1. The molecule has 21 heavy (non-hydrogen) atoms. The number of aromatic nitrogens is 1. The monoisotopic (exact) mass is 300 g/mol. The van der Waals surface area contributed by atoms with E-state index in [4.69, 9.17) is 5.73 Å². The third-order valence-electron chi connectivity index (χ3n) is 4.16. The SMILES string of the molecule is CCC(=O)c1cc(N)ccc1-c1cnc(C2CCCC2)s1. The second-order valence-electron chi connectivity index (χ2n) is 5.63. The third-order valence-corrected chi connectivity index (χ3v) is 5.35. The minimum absolute atomic E-state index is 0.133. The second-order valence-corrected chi connectivity index (χ2v) is 6.69. The lowest BCUT2D eigenvalue weighted by atomic mass is 10.0. The number of hydrogen-bond acceptors (Lipinski definition) is 4. The minimum atomic E-state index is 0.133. The van der Waals surface area contributed by atoms with E-state index in [-0.39, 0.29) is 5.78 Å². The van der Waals surface area contributed by atoms with Crippen LogP contribution in [-0.2, 0) is 0 Å². The third kappa shape index (κ3) is 2.86. The lowest BCUT2D eigenvalue weighted by molar-refractivity contribution is 0.0989. The van der Waals surface area contributed by atoms with Crippen molar-refractivity contribution in [1.29, 1.82) is 0 Å². The fourth-order valence-corrected chi connectivity index (χ4v) is 4.10. The highest BCUT2D eigenvalue weighted by atomic mass is 32.1. The average Bonchev–Trinajstić information content (AvgIpc) is 3.16. The first-order valence-electron chi connectivity index (χ1n) is 7.58. The number of nitrogens with two attached hydrogens (primary N) is 1. The summed E-state index contributed by atoms with van der Waals surface area (Å²) in [4.78, 5) is 17.8. The van der Waals surface area contributed by atoms with Crippen LogP contribution in [0.4, 0.5) is 5.69 Å². The van der Waals surface area contributed by atoms with Gasteiger partial charge in [-0.25, -0.2) is 4.98 Å². The van der Waals surface area contributed by atoms with Gasteiger partial charge in [-0.05, 0) is 25.0 Å². The van der Waals surface area contributed by atoms with Crippen molar-refractivity contribution in [3.8, 4) is 10.4 Å². The molecule has 2 aromatic rings. The summed E-state index contributed by atoms with van der Waals surface area (Å²) in [6.45, 7) is 1.88. The van der Waals surface area contributed by atoms with Crippen LogP contribution in [0.25, 0.3) is 10.4 Å². The molecule has 0 unspecified atom stereocenters. The summed E-state index contributed by atoms with van der Waals surface area (Å²) in [5, 5.41) is 1.22. The van der Waals surface area contributed by atoms with E-state index in [2.05, 4.69) is 4.98 Å². The fourth-order valence-electron chi connectivity index (χ4n) is 2.97. The van der Waals surface area contributed by atoms with Gasteiger partial charge in [0.15, 0.2) is 5.78 Å².